The van der Waals surface area contributed by atoms with Gasteiger partial charge in [0.05, 0.1) is 36.0 Å². The molecule has 4 fully saturated rings. The highest BCUT2D eigenvalue weighted by Gasteiger charge is 2.46. The number of hydrogen-bond acceptors (Lipinski definition) is 15. The first-order chi connectivity index (χ1) is 28.8. The van der Waals surface area contributed by atoms with E-state index >= 15 is 0 Å². The molecule has 5 heterocycles. The summed E-state index contributed by atoms with van der Waals surface area (Å²) in [4.78, 5) is 39.6. The number of hydroxylamine groups is 2. The van der Waals surface area contributed by atoms with E-state index in [1.807, 2.05) is 6.92 Å². The Hall–Kier alpha value is -1.68. The molecule has 0 saturated carbocycles. The number of nitrogens with zero attached hydrogens (tertiary/aromatic N) is 1. The van der Waals surface area contributed by atoms with E-state index in [-0.39, 0.29) is 23.3 Å². The minimum Gasteiger partial charge on any atom is -0.394 e. The topological polar surface area (TPSA) is 235 Å². The second-order valence-electron chi connectivity index (χ2n) is 17.6. The van der Waals surface area contributed by atoms with Crippen LogP contribution in [0.2, 0.25) is 0 Å². The molecule has 6 rings (SSSR count). The number of alkyl halides is 1. The number of ether oxygens (including phenoxy) is 4. The summed E-state index contributed by atoms with van der Waals surface area (Å²) < 4.78 is 22.4. The largest absolute Gasteiger partial charge is 0.394 e. The van der Waals surface area contributed by atoms with Crippen molar-refractivity contribution in [2.24, 2.45) is 65.1 Å². The van der Waals surface area contributed by atoms with Crippen molar-refractivity contribution >= 4 is 27.7 Å². The summed E-state index contributed by atoms with van der Waals surface area (Å²) in [5.74, 6) is 13.7. The van der Waals surface area contributed by atoms with E-state index in [0.717, 1.165) is 30.2 Å². The van der Waals surface area contributed by atoms with E-state index in [0.29, 0.717) is 64.8 Å². The summed E-state index contributed by atoms with van der Waals surface area (Å²) in [6, 6.07) is 6.77. The highest BCUT2D eigenvalue weighted by atomic mass is 79.9. The smallest absolute Gasteiger partial charge is 0.285 e. The van der Waals surface area contributed by atoms with E-state index in [2.05, 4.69) is 96.9 Å². The maximum Gasteiger partial charge on any atom is 0.285 e. The number of nitrogens with two attached hydrogens (primary N) is 2. The van der Waals surface area contributed by atoms with Gasteiger partial charge in [0, 0.05) is 11.8 Å². The monoisotopic (exact) mass is 933 g/mol. The summed E-state index contributed by atoms with van der Waals surface area (Å²) in [7, 11) is 0. The van der Waals surface area contributed by atoms with Gasteiger partial charge in [0.1, 0.15) is 29.4 Å². The molecule has 16 nitrogen and oxygen atoms in total. The highest BCUT2D eigenvalue weighted by molar-refractivity contribution is 9.09. The van der Waals surface area contributed by atoms with Crippen molar-refractivity contribution in [3.8, 4) is 0 Å². The van der Waals surface area contributed by atoms with Crippen LogP contribution in [0.3, 0.4) is 0 Å². The number of carbonyl (C=O) groups excluding carboxylic acids is 2. The molecule has 0 bridgehead atoms. The number of benzene rings is 1. The predicted octanol–water partition coefficient (Wildman–Crippen LogP) is 5.28. The van der Waals surface area contributed by atoms with Crippen molar-refractivity contribution in [1.82, 2.24) is 5.06 Å². The van der Waals surface area contributed by atoms with Crippen LogP contribution in [-0.4, -0.2) is 111 Å². The van der Waals surface area contributed by atoms with Crippen molar-refractivity contribution < 1.29 is 63.5 Å². The molecule has 0 spiro atoms. The van der Waals surface area contributed by atoms with Crippen LogP contribution in [0.1, 0.15) is 123 Å². The van der Waals surface area contributed by atoms with Crippen molar-refractivity contribution in [1.29, 1.82) is 0 Å². The Morgan fingerprint density at radius 1 is 0.557 bits per heavy atom. The third-order valence-electron chi connectivity index (χ3n) is 14.2. The van der Waals surface area contributed by atoms with Crippen LogP contribution >= 0.6 is 15.9 Å². The average molecular weight is 935 g/mol. The zero-order chi connectivity index (χ0) is 46.0. The fourth-order valence-electron chi connectivity index (χ4n) is 8.67. The number of aliphatic hydroxyl groups excluding tert-OH is 4. The number of aliphatic hydroxyl groups is 4. The van der Waals surface area contributed by atoms with E-state index in [1.165, 1.54) is 0 Å². The Balaban J connectivity index is 0.000000228. The SMILES string of the molecule is CCC1O[C@@H](ON)C(C)[C@@H](C)[C@@H]1C.CCC1O[C@@H](ON2C(=O)c3ccccc3C2=O)C(C)[C@@H](C)[C@@H]1C.CCC1O[C@H](Br)C(C)[C@@H](C)[C@@H]1C.NO[C@@H]1OC(CO)[C@@H](O)[C@H](O)C1O. The van der Waals surface area contributed by atoms with Gasteiger partial charge >= 0.3 is 0 Å². The lowest BCUT2D eigenvalue weighted by Crippen LogP contribution is -2.59. The quantitative estimate of drug-likeness (QED) is 0.111. The first kappa shape index (κ1) is 53.7. The molecule has 4 saturated heterocycles. The van der Waals surface area contributed by atoms with Gasteiger partial charge in [0.2, 0.25) is 6.29 Å². The molecule has 0 radical (unpaired) electrons. The van der Waals surface area contributed by atoms with Crippen LogP contribution in [0, 0.1) is 53.3 Å². The van der Waals surface area contributed by atoms with Gasteiger partial charge in [-0.15, -0.1) is 5.06 Å². The third-order valence-corrected chi connectivity index (χ3v) is 15.3. The second kappa shape index (κ2) is 24.6. The number of carbonyl (C=O) groups is 2. The number of rotatable bonds is 8. The van der Waals surface area contributed by atoms with Gasteiger partial charge in [0.15, 0.2) is 12.6 Å². The van der Waals surface area contributed by atoms with Gasteiger partial charge in [-0.3, -0.25) is 19.3 Å². The fourth-order valence-corrected chi connectivity index (χ4v) is 9.43. The lowest BCUT2D eigenvalue weighted by Gasteiger charge is -2.43. The van der Waals surface area contributed by atoms with Gasteiger partial charge in [0.25, 0.3) is 11.8 Å². The van der Waals surface area contributed by atoms with Gasteiger partial charge in [-0.2, -0.15) is 0 Å². The molecule has 352 valence electrons. The zero-order valence-electron chi connectivity index (χ0n) is 38.1. The number of hydrogen-bond donors (Lipinski definition) is 6. The highest BCUT2D eigenvalue weighted by Crippen LogP contribution is 2.40. The molecule has 0 aromatic heterocycles. The van der Waals surface area contributed by atoms with Crippen molar-refractivity contribution in [3.05, 3.63) is 35.4 Å². The maximum absolute atomic E-state index is 12.4. The van der Waals surface area contributed by atoms with Crippen LogP contribution in [0.15, 0.2) is 24.3 Å². The van der Waals surface area contributed by atoms with Gasteiger partial charge in [-0.25, -0.2) is 16.6 Å². The van der Waals surface area contributed by atoms with Crippen molar-refractivity contribution in [2.75, 3.05) is 6.61 Å². The Kier molecular flexibility index (Phi) is 21.6. The van der Waals surface area contributed by atoms with Crippen LogP contribution in [0.25, 0.3) is 0 Å². The minimum atomic E-state index is -1.44. The maximum atomic E-state index is 12.4. The van der Waals surface area contributed by atoms with E-state index < -0.39 is 55.4 Å². The summed E-state index contributed by atoms with van der Waals surface area (Å²) in [6.45, 7) is 25.8. The lowest BCUT2D eigenvalue weighted by atomic mass is 9.78. The molecular weight excluding hydrogens is 858 g/mol. The molecule has 5 aliphatic rings. The van der Waals surface area contributed by atoms with Crippen LogP contribution in [0.4, 0.5) is 0 Å². The Morgan fingerprint density at radius 3 is 1.38 bits per heavy atom. The van der Waals surface area contributed by atoms with Crippen LogP contribution < -0.4 is 11.8 Å². The number of fused-ring (bicyclic) bond motifs is 1. The molecule has 8 N–H and O–H groups in total. The molecular formula is C44H76BrN3O13. The molecule has 20 atom stereocenters. The Bertz CT molecular complexity index is 1380. The van der Waals surface area contributed by atoms with Gasteiger partial charge in [-0.05, 0) is 72.8 Å². The van der Waals surface area contributed by atoms with Crippen LogP contribution in [-0.2, 0) is 33.5 Å². The number of halogens is 1. The van der Waals surface area contributed by atoms with E-state index in [9.17, 15) is 24.9 Å². The Labute approximate surface area is 371 Å². The molecule has 1 aromatic carbocycles. The minimum absolute atomic E-state index is 0.0707. The predicted molar refractivity (Wildman–Crippen MR) is 231 cm³/mol. The number of amides is 2. The molecule has 61 heavy (non-hydrogen) atoms. The van der Waals surface area contributed by atoms with Crippen LogP contribution in [0.5, 0.6) is 0 Å². The zero-order valence-corrected chi connectivity index (χ0v) is 39.7. The fraction of sp³-hybridized carbons (Fsp3) is 0.818. The van der Waals surface area contributed by atoms with Gasteiger partial charge in [-0.1, -0.05) is 111 Å². The molecule has 17 heteroatoms. The second-order valence-corrected chi connectivity index (χ2v) is 18.5. The summed E-state index contributed by atoms with van der Waals surface area (Å²) >= 11 is 3.58. The molecule has 8 unspecified atom stereocenters. The number of imide groups is 1. The Morgan fingerprint density at radius 2 is 0.951 bits per heavy atom. The lowest BCUT2D eigenvalue weighted by molar-refractivity contribution is -0.303. The molecule has 0 aliphatic carbocycles. The standard InChI is InChI=1S/C18H23NO4.C10H19BrO.C10H21NO2.C6H13NO6/c1-5-15-11(3)10(2)12(4)18(22-15)23-19-16(20)13-8-6-7-9-14(13)17(19)21;1-5-9-7(3)6(2)8(4)10(11)12-9;1-5-9-7(3)6(2)8(4)10(12-9)13-11;7-13-6-5(11)4(10)3(9)2(1-8)12-6/h6-12,15,18H,5H2,1-4H3;6-10H,5H2,1-4H3;6-10H,5,11H2,1-4H3;2-6,8-11H,1,7H2/t10-,11-,12?,15?,18-;2*6-,7-,8?,9?,10-;2?,3-,4+,5?,6+/m0001/s1. The van der Waals surface area contributed by atoms with Gasteiger partial charge < -0.3 is 39.4 Å². The molecule has 5 aliphatic heterocycles. The van der Waals surface area contributed by atoms with E-state index in [4.69, 9.17) is 45.5 Å². The van der Waals surface area contributed by atoms with Crippen molar-refractivity contribution in [2.45, 2.75) is 169 Å². The summed E-state index contributed by atoms with van der Waals surface area (Å²) in [5.41, 5.74) is 0.767. The first-order valence-corrected chi connectivity index (χ1v) is 22.9. The average Bonchev–Trinajstić information content (AvgIpc) is 3.50. The third kappa shape index (κ3) is 12.6. The normalized spacial score (nSPS) is 42.2. The van der Waals surface area contributed by atoms with E-state index in [1.54, 1.807) is 24.3 Å². The first-order valence-electron chi connectivity index (χ1n) is 22.0. The summed E-state index contributed by atoms with van der Waals surface area (Å²) in [5, 5.41) is 37.5. The van der Waals surface area contributed by atoms with Crippen molar-refractivity contribution in [3.63, 3.8) is 0 Å². The molecule has 2 amide bonds. The summed E-state index contributed by atoms with van der Waals surface area (Å²) in [6.07, 6.45) is -3.46. The molecule has 1 aromatic rings.